The second-order valence-corrected chi connectivity index (χ2v) is 8.78. The maximum atomic E-state index is 5.42. The van der Waals surface area contributed by atoms with E-state index >= 15 is 0 Å². The molecule has 2 fully saturated rings. The molecule has 0 aliphatic carbocycles. The molecule has 6 nitrogen and oxygen atoms in total. The highest BCUT2D eigenvalue weighted by Crippen LogP contribution is 2.37. The Morgan fingerprint density at radius 1 is 1.29 bits per heavy atom. The van der Waals surface area contributed by atoms with Gasteiger partial charge in [0.15, 0.2) is 5.96 Å². The van der Waals surface area contributed by atoms with E-state index in [2.05, 4.69) is 51.9 Å². The number of thiophene rings is 1. The summed E-state index contributed by atoms with van der Waals surface area (Å²) in [5.74, 6) is 1.55. The fourth-order valence-electron chi connectivity index (χ4n) is 4.24. The quantitative estimate of drug-likeness (QED) is 0.394. The Hall–Kier alpha value is -1.15. The molecule has 0 aromatic carbocycles. The molecule has 2 saturated heterocycles. The highest BCUT2D eigenvalue weighted by molar-refractivity contribution is 7.10. The lowest BCUT2D eigenvalue weighted by Gasteiger charge is -2.38. The third-order valence-electron chi connectivity index (χ3n) is 5.72. The van der Waals surface area contributed by atoms with Gasteiger partial charge in [0, 0.05) is 43.6 Å². The largest absolute Gasteiger partial charge is 0.379 e. The number of aliphatic imine (C=N–C) groups is 1. The van der Waals surface area contributed by atoms with Gasteiger partial charge >= 0.3 is 0 Å². The van der Waals surface area contributed by atoms with Crippen LogP contribution in [-0.2, 0) is 4.74 Å². The van der Waals surface area contributed by atoms with E-state index < -0.39 is 0 Å². The summed E-state index contributed by atoms with van der Waals surface area (Å²) in [4.78, 5) is 11.4. The van der Waals surface area contributed by atoms with Crippen LogP contribution in [0.15, 0.2) is 22.5 Å². The lowest BCUT2D eigenvalue weighted by atomic mass is 9.88. The number of guanidine groups is 1. The normalized spacial score (nSPS) is 25.0. The number of hydrogen-bond donors (Lipinski definition) is 2. The van der Waals surface area contributed by atoms with Crippen LogP contribution in [0.4, 0.5) is 0 Å². The first-order valence-electron chi connectivity index (χ1n) is 10.8. The molecule has 1 aromatic rings. The van der Waals surface area contributed by atoms with E-state index in [1.54, 1.807) is 0 Å². The molecule has 0 bridgehead atoms. The lowest BCUT2D eigenvalue weighted by Crippen LogP contribution is -2.41. The number of nitrogens with zero attached hydrogens (tertiary/aromatic N) is 3. The Balaban J connectivity index is 1.49. The van der Waals surface area contributed by atoms with Gasteiger partial charge in [0.25, 0.3) is 0 Å². The molecule has 2 aliphatic heterocycles. The number of rotatable bonds is 8. The fourth-order valence-corrected chi connectivity index (χ4v) is 5.23. The van der Waals surface area contributed by atoms with Crippen LogP contribution in [0.1, 0.15) is 37.1 Å². The van der Waals surface area contributed by atoms with Gasteiger partial charge in [-0.1, -0.05) is 6.07 Å². The minimum Gasteiger partial charge on any atom is -0.379 e. The summed E-state index contributed by atoms with van der Waals surface area (Å²) >= 11 is 1.88. The van der Waals surface area contributed by atoms with Crippen molar-refractivity contribution in [3.8, 4) is 0 Å². The fraction of sp³-hybridized carbons (Fsp3) is 0.762. The smallest absolute Gasteiger partial charge is 0.191 e. The molecule has 2 unspecified atom stereocenters. The summed E-state index contributed by atoms with van der Waals surface area (Å²) in [5.41, 5.74) is 0. The number of likely N-dealkylation sites (tertiary alicyclic amines) is 1. The zero-order valence-electron chi connectivity index (χ0n) is 17.5. The van der Waals surface area contributed by atoms with Crippen LogP contribution >= 0.6 is 11.3 Å². The van der Waals surface area contributed by atoms with Crippen LogP contribution in [0, 0.1) is 5.92 Å². The molecule has 7 heteroatoms. The molecule has 158 valence electrons. The van der Waals surface area contributed by atoms with E-state index in [0.717, 1.165) is 64.9 Å². The van der Waals surface area contributed by atoms with Crippen LogP contribution in [-0.4, -0.2) is 81.8 Å². The number of morpholine rings is 1. The van der Waals surface area contributed by atoms with Gasteiger partial charge in [-0.2, -0.15) is 0 Å². The van der Waals surface area contributed by atoms with Gasteiger partial charge in [0.05, 0.1) is 13.2 Å². The van der Waals surface area contributed by atoms with E-state index in [0.29, 0.717) is 12.0 Å². The van der Waals surface area contributed by atoms with Crippen molar-refractivity contribution < 1.29 is 4.74 Å². The average Bonchev–Trinajstić information content (AvgIpc) is 3.24. The van der Waals surface area contributed by atoms with Crippen molar-refractivity contribution in [3.05, 3.63) is 22.4 Å². The Labute approximate surface area is 174 Å². The summed E-state index contributed by atoms with van der Waals surface area (Å²) in [6.07, 6.45) is 3.66. The van der Waals surface area contributed by atoms with Crippen molar-refractivity contribution in [2.45, 2.75) is 32.2 Å². The van der Waals surface area contributed by atoms with Gasteiger partial charge in [-0.25, -0.2) is 0 Å². The third kappa shape index (κ3) is 6.44. The van der Waals surface area contributed by atoms with Gasteiger partial charge in [-0.15, -0.1) is 11.3 Å². The molecule has 2 N–H and O–H groups in total. The van der Waals surface area contributed by atoms with E-state index in [1.165, 1.54) is 24.3 Å². The van der Waals surface area contributed by atoms with Crippen molar-refractivity contribution in [1.29, 1.82) is 0 Å². The van der Waals surface area contributed by atoms with Gasteiger partial charge in [0.2, 0.25) is 0 Å². The standard InChI is InChI=1S/C21H37N5OS/c1-3-22-21(23-9-6-11-26-12-14-27-15-13-26)24-17-18-7-4-10-25(2)20(18)19-8-5-16-28-19/h5,8,16,18,20H,3-4,6-7,9-15,17H2,1-2H3,(H2,22,23,24). The molecule has 0 spiro atoms. The first kappa shape index (κ1) is 21.6. The highest BCUT2D eigenvalue weighted by Gasteiger charge is 2.31. The monoisotopic (exact) mass is 407 g/mol. The molecule has 28 heavy (non-hydrogen) atoms. The Bertz CT molecular complexity index is 573. The highest BCUT2D eigenvalue weighted by atomic mass is 32.1. The van der Waals surface area contributed by atoms with E-state index in [1.807, 2.05) is 11.3 Å². The first-order chi connectivity index (χ1) is 13.8. The van der Waals surface area contributed by atoms with E-state index in [4.69, 9.17) is 9.73 Å². The summed E-state index contributed by atoms with van der Waals surface area (Å²) in [6.45, 7) is 11.1. The molecular weight excluding hydrogens is 370 g/mol. The first-order valence-corrected chi connectivity index (χ1v) is 11.7. The lowest BCUT2D eigenvalue weighted by molar-refractivity contribution is 0.0376. The predicted molar refractivity (Wildman–Crippen MR) is 118 cm³/mol. The van der Waals surface area contributed by atoms with Crippen LogP contribution in [0.25, 0.3) is 0 Å². The maximum absolute atomic E-state index is 5.42. The van der Waals surface area contributed by atoms with Gasteiger partial charge in [-0.05, 0) is 63.7 Å². The molecule has 3 heterocycles. The van der Waals surface area contributed by atoms with Gasteiger partial charge in [0.1, 0.15) is 0 Å². The van der Waals surface area contributed by atoms with Crippen LogP contribution < -0.4 is 10.6 Å². The Morgan fingerprint density at radius 2 is 2.14 bits per heavy atom. The zero-order chi connectivity index (χ0) is 19.6. The topological polar surface area (TPSA) is 52.1 Å². The van der Waals surface area contributed by atoms with Crippen LogP contribution in [0.3, 0.4) is 0 Å². The second kappa shape index (κ2) is 11.8. The van der Waals surface area contributed by atoms with Gasteiger partial charge in [-0.3, -0.25) is 14.8 Å². The molecule has 2 atom stereocenters. The molecule has 2 aliphatic rings. The summed E-state index contributed by atoms with van der Waals surface area (Å²) in [6, 6.07) is 4.95. The van der Waals surface area contributed by atoms with Crippen LogP contribution in [0.2, 0.25) is 0 Å². The number of nitrogens with one attached hydrogen (secondary N) is 2. The van der Waals surface area contributed by atoms with Crippen molar-refractivity contribution in [3.63, 3.8) is 0 Å². The second-order valence-electron chi connectivity index (χ2n) is 7.80. The third-order valence-corrected chi connectivity index (χ3v) is 6.66. The Morgan fingerprint density at radius 3 is 2.89 bits per heavy atom. The molecule has 1 aromatic heterocycles. The van der Waals surface area contributed by atoms with Crippen molar-refractivity contribution >= 4 is 17.3 Å². The van der Waals surface area contributed by atoms with Gasteiger partial charge < -0.3 is 15.4 Å². The van der Waals surface area contributed by atoms with E-state index in [9.17, 15) is 0 Å². The molecule has 0 saturated carbocycles. The summed E-state index contributed by atoms with van der Waals surface area (Å²) < 4.78 is 5.42. The van der Waals surface area contributed by atoms with Crippen molar-refractivity contribution in [1.82, 2.24) is 20.4 Å². The molecular formula is C21H37N5OS. The van der Waals surface area contributed by atoms with Crippen molar-refractivity contribution in [2.75, 3.05) is 66.1 Å². The SMILES string of the molecule is CCNC(=NCC1CCCN(C)C1c1cccs1)NCCCN1CCOCC1. The predicted octanol–water partition coefficient (Wildman–Crippen LogP) is 2.41. The minimum atomic E-state index is 0.502. The number of ether oxygens (including phenoxy) is 1. The maximum Gasteiger partial charge on any atom is 0.191 e. The molecule has 3 rings (SSSR count). The summed E-state index contributed by atoms with van der Waals surface area (Å²) in [7, 11) is 2.26. The minimum absolute atomic E-state index is 0.502. The summed E-state index contributed by atoms with van der Waals surface area (Å²) in [5, 5.41) is 9.14. The number of piperidine rings is 1. The zero-order valence-corrected chi connectivity index (χ0v) is 18.3. The van der Waals surface area contributed by atoms with E-state index in [-0.39, 0.29) is 0 Å². The van der Waals surface area contributed by atoms with Crippen LogP contribution in [0.5, 0.6) is 0 Å². The van der Waals surface area contributed by atoms with Crippen molar-refractivity contribution in [2.24, 2.45) is 10.9 Å². The molecule has 0 radical (unpaired) electrons. The molecule has 0 amide bonds. The Kier molecular flexibility index (Phi) is 9.05. The average molecular weight is 408 g/mol. The number of hydrogen-bond acceptors (Lipinski definition) is 5.